The minimum atomic E-state index is -3.79. The summed E-state index contributed by atoms with van der Waals surface area (Å²) in [5, 5.41) is 8.92. The Balaban J connectivity index is 3.49. The van der Waals surface area contributed by atoms with Gasteiger partial charge in [0, 0.05) is 13.1 Å². The number of sulfonamides is 1. The van der Waals surface area contributed by atoms with Crippen LogP contribution >= 0.6 is 0 Å². The third-order valence-electron chi connectivity index (χ3n) is 3.00. The SMILES string of the molecule is CCN(CCO)S(=O)(=O)c1c(C)cc(F)c(N)c1C. The second-order valence-electron chi connectivity index (χ2n) is 4.26. The number of hydrogen-bond donors (Lipinski definition) is 2. The molecule has 0 saturated heterocycles. The molecular formula is C12H19FN2O3S. The lowest BCUT2D eigenvalue weighted by atomic mass is 10.1. The summed E-state index contributed by atoms with van der Waals surface area (Å²) in [5.41, 5.74) is 5.90. The summed E-state index contributed by atoms with van der Waals surface area (Å²) in [7, 11) is -3.79. The van der Waals surface area contributed by atoms with Crippen molar-refractivity contribution in [2.75, 3.05) is 25.4 Å². The van der Waals surface area contributed by atoms with Crippen molar-refractivity contribution in [3.05, 3.63) is 23.0 Å². The van der Waals surface area contributed by atoms with E-state index in [0.717, 1.165) is 10.4 Å². The summed E-state index contributed by atoms with van der Waals surface area (Å²) in [6.45, 7) is 4.61. The van der Waals surface area contributed by atoms with Crippen molar-refractivity contribution < 1.29 is 17.9 Å². The zero-order chi connectivity index (χ0) is 14.8. The number of aryl methyl sites for hydroxylation is 1. The Morgan fingerprint density at radius 2 is 2.00 bits per heavy atom. The fourth-order valence-corrected chi connectivity index (χ4v) is 3.90. The lowest BCUT2D eigenvalue weighted by Crippen LogP contribution is -2.34. The Morgan fingerprint density at radius 1 is 1.42 bits per heavy atom. The quantitative estimate of drug-likeness (QED) is 0.793. The first-order valence-electron chi connectivity index (χ1n) is 5.93. The highest BCUT2D eigenvalue weighted by Gasteiger charge is 2.28. The molecule has 1 aromatic rings. The number of likely N-dealkylation sites (N-methyl/N-ethyl adjacent to an activating group) is 1. The van der Waals surface area contributed by atoms with Gasteiger partial charge >= 0.3 is 0 Å². The Morgan fingerprint density at radius 3 is 2.47 bits per heavy atom. The summed E-state index contributed by atoms with van der Waals surface area (Å²) < 4.78 is 39.6. The van der Waals surface area contributed by atoms with E-state index in [4.69, 9.17) is 10.8 Å². The van der Waals surface area contributed by atoms with Crippen molar-refractivity contribution >= 4 is 15.7 Å². The van der Waals surface area contributed by atoms with Crippen LogP contribution in [0, 0.1) is 19.7 Å². The highest BCUT2D eigenvalue weighted by atomic mass is 32.2. The third-order valence-corrected chi connectivity index (χ3v) is 5.27. The molecule has 3 N–H and O–H groups in total. The average molecular weight is 290 g/mol. The minimum Gasteiger partial charge on any atom is -0.396 e. The first-order valence-corrected chi connectivity index (χ1v) is 7.37. The lowest BCUT2D eigenvalue weighted by molar-refractivity contribution is 0.257. The molecule has 0 aliphatic heterocycles. The number of nitrogens with two attached hydrogens (primary N) is 1. The molecule has 0 aliphatic rings. The van der Waals surface area contributed by atoms with Crippen molar-refractivity contribution in [3.8, 4) is 0 Å². The molecular weight excluding hydrogens is 271 g/mol. The minimum absolute atomic E-state index is 0.00497. The van der Waals surface area contributed by atoms with E-state index in [1.807, 2.05) is 0 Å². The van der Waals surface area contributed by atoms with E-state index >= 15 is 0 Å². The normalized spacial score (nSPS) is 12.1. The third kappa shape index (κ3) is 2.88. The van der Waals surface area contributed by atoms with Crippen LogP contribution in [0.3, 0.4) is 0 Å². The van der Waals surface area contributed by atoms with Gasteiger partial charge in [0.1, 0.15) is 5.82 Å². The molecule has 0 bridgehead atoms. The molecule has 7 heteroatoms. The molecule has 0 spiro atoms. The molecule has 0 aromatic heterocycles. The van der Waals surface area contributed by atoms with Gasteiger partial charge in [-0.25, -0.2) is 12.8 Å². The maximum atomic E-state index is 13.5. The van der Waals surface area contributed by atoms with E-state index in [1.165, 1.54) is 13.8 Å². The molecule has 108 valence electrons. The average Bonchev–Trinajstić information content (AvgIpc) is 2.32. The van der Waals surface area contributed by atoms with Gasteiger partial charge in [-0.3, -0.25) is 0 Å². The molecule has 0 saturated carbocycles. The number of nitrogen functional groups attached to an aromatic ring is 1. The van der Waals surface area contributed by atoms with Gasteiger partial charge in [-0.15, -0.1) is 0 Å². The molecule has 0 radical (unpaired) electrons. The fraction of sp³-hybridized carbons (Fsp3) is 0.500. The van der Waals surface area contributed by atoms with Crippen LogP contribution < -0.4 is 5.73 Å². The zero-order valence-corrected chi connectivity index (χ0v) is 12.1. The van der Waals surface area contributed by atoms with Crippen LogP contribution in [0.2, 0.25) is 0 Å². The van der Waals surface area contributed by atoms with Gasteiger partial charge in [-0.1, -0.05) is 6.92 Å². The molecule has 0 amide bonds. The van der Waals surface area contributed by atoms with E-state index in [9.17, 15) is 12.8 Å². The van der Waals surface area contributed by atoms with Crippen molar-refractivity contribution in [1.29, 1.82) is 0 Å². The molecule has 1 aromatic carbocycles. The molecule has 5 nitrogen and oxygen atoms in total. The number of halogens is 1. The second-order valence-corrected chi connectivity index (χ2v) is 6.14. The maximum absolute atomic E-state index is 13.5. The monoisotopic (exact) mass is 290 g/mol. The topological polar surface area (TPSA) is 83.6 Å². The summed E-state index contributed by atoms with van der Waals surface area (Å²) in [6, 6.07) is 1.11. The standard InChI is InChI=1S/C12H19FN2O3S/c1-4-15(5-6-16)19(17,18)12-8(2)7-10(13)11(14)9(12)3/h7,16H,4-6,14H2,1-3H3. The Hall–Kier alpha value is -1.18. The van der Waals surface area contributed by atoms with Gasteiger partial charge in [0.25, 0.3) is 0 Å². The van der Waals surface area contributed by atoms with E-state index in [2.05, 4.69) is 0 Å². The predicted molar refractivity (Wildman–Crippen MR) is 71.8 cm³/mol. The van der Waals surface area contributed by atoms with E-state index in [-0.39, 0.29) is 35.8 Å². The van der Waals surface area contributed by atoms with Crippen LogP contribution in [-0.4, -0.2) is 37.5 Å². The van der Waals surface area contributed by atoms with E-state index in [1.54, 1.807) is 6.92 Å². The summed E-state index contributed by atoms with van der Waals surface area (Å²) in [4.78, 5) is 0.0155. The number of aliphatic hydroxyl groups is 1. The Bertz CT molecular complexity index is 573. The predicted octanol–water partition coefficient (Wildman–Crippen LogP) is 1.03. The first kappa shape index (κ1) is 15.9. The van der Waals surface area contributed by atoms with Crippen LogP contribution in [0.4, 0.5) is 10.1 Å². The zero-order valence-electron chi connectivity index (χ0n) is 11.3. The van der Waals surface area contributed by atoms with E-state index < -0.39 is 15.8 Å². The summed E-state index contributed by atoms with van der Waals surface area (Å²) in [5.74, 6) is -0.626. The molecule has 0 fully saturated rings. The number of nitrogens with zero attached hydrogens (tertiary/aromatic N) is 1. The van der Waals surface area contributed by atoms with Gasteiger partial charge in [0.2, 0.25) is 10.0 Å². The molecule has 19 heavy (non-hydrogen) atoms. The maximum Gasteiger partial charge on any atom is 0.243 e. The van der Waals surface area contributed by atoms with Crippen LogP contribution in [0.1, 0.15) is 18.1 Å². The largest absolute Gasteiger partial charge is 0.396 e. The molecule has 1 rings (SSSR count). The van der Waals surface area contributed by atoms with Crippen LogP contribution in [0.25, 0.3) is 0 Å². The summed E-state index contributed by atoms with van der Waals surface area (Å²) >= 11 is 0. The van der Waals surface area contributed by atoms with Crippen molar-refractivity contribution in [1.82, 2.24) is 4.31 Å². The number of benzene rings is 1. The van der Waals surface area contributed by atoms with Crippen molar-refractivity contribution in [3.63, 3.8) is 0 Å². The molecule has 0 heterocycles. The number of hydrogen-bond acceptors (Lipinski definition) is 4. The smallest absolute Gasteiger partial charge is 0.243 e. The van der Waals surface area contributed by atoms with Gasteiger partial charge < -0.3 is 10.8 Å². The van der Waals surface area contributed by atoms with E-state index in [0.29, 0.717) is 5.56 Å². The van der Waals surface area contributed by atoms with Gasteiger partial charge in [-0.2, -0.15) is 4.31 Å². The van der Waals surface area contributed by atoms with Gasteiger partial charge in [0.15, 0.2) is 0 Å². The van der Waals surface area contributed by atoms with Crippen LogP contribution in [0.15, 0.2) is 11.0 Å². The highest BCUT2D eigenvalue weighted by molar-refractivity contribution is 7.89. The fourth-order valence-electron chi connectivity index (χ4n) is 2.02. The Labute approximate surface area is 112 Å². The van der Waals surface area contributed by atoms with Gasteiger partial charge in [-0.05, 0) is 31.0 Å². The van der Waals surface area contributed by atoms with Gasteiger partial charge in [0.05, 0.1) is 17.2 Å². The second kappa shape index (κ2) is 5.85. The molecule has 0 unspecified atom stereocenters. The van der Waals surface area contributed by atoms with Crippen LogP contribution in [0.5, 0.6) is 0 Å². The molecule has 0 atom stereocenters. The van der Waals surface area contributed by atoms with Crippen molar-refractivity contribution in [2.24, 2.45) is 0 Å². The number of anilines is 1. The lowest BCUT2D eigenvalue weighted by Gasteiger charge is -2.22. The number of aliphatic hydroxyl groups excluding tert-OH is 1. The Kier molecular flexibility index (Phi) is 4.89. The highest BCUT2D eigenvalue weighted by Crippen LogP contribution is 2.29. The first-order chi connectivity index (χ1) is 8.77. The summed E-state index contributed by atoms with van der Waals surface area (Å²) in [6.07, 6.45) is 0. The number of rotatable bonds is 5. The molecule has 0 aliphatic carbocycles. The van der Waals surface area contributed by atoms with Crippen molar-refractivity contribution in [2.45, 2.75) is 25.7 Å². The van der Waals surface area contributed by atoms with Crippen LogP contribution in [-0.2, 0) is 10.0 Å².